The fraction of sp³-hybridized carbons (Fsp3) is 0.400. The van der Waals surface area contributed by atoms with Gasteiger partial charge in [-0.3, -0.25) is 72.6 Å². The third-order valence-electron chi connectivity index (χ3n) is 20.0. The second-order valence-corrected chi connectivity index (χ2v) is 30.7. The Morgan fingerprint density at radius 2 is 1.00 bits per heavy atom. The maximum Gasteiger partial charge on any atom is 0.322 e. The lowest BCUT2D eigenvalue weighted by molar-refractivity contribution is -0.142. The molecular formula is C85H103ClN16O15. The van der Waals surface area contributed by atoms with E-state index in [4.69, 9.17) is 17.3 Å². The molecule has 0 aliphatic carbocycles. The van der Waals surface area contributed by atoms with Crippen LogP contribution in [0.5, 0.6) is 0 Å². The first kappa shape index (κ1) is 88.7. The van der Waals surface area contributed by atoms with Gasteiger partial charge >= 0.3 is 6.03 Å². The van der Waals surface area contributed by atoms with Crippen LogP contribution < -0.4 is 74.9 Å². The Labute approximate surface area is 682 Å². The van der Waals surface area contributed by atoms with Crippen molar-refractivity contribution in [3.05, 3.63) is 191 Å². The summed E-state index contributed by atoms with van der Waals surface area (Å²) < 4.78 is 0. The largest absolute Gasteiger partial charge is 0.394 e. The van der Waals surface area contributed by atoms with Crippen molar-refractivity contribution < 1.29 is 72.2 Å². The molecule has 0 bridgehead atoms. The zero-order valence-electron chi connectivity index (χ0n) is 66.1. The Morgan fingerprint density at radius 3 is 1.50 bits per heavy atom. The van der Waals surface area contributed by atoms with Crippen LogP contribution in [-0.2, 0) is 94.4 Å². The molecule has 0 saturated carbocycles. The van der Waals surface area contributed by atoms with Gasteiger partial charge in [-0.05, 0) is 138 Å². The van der Waals surface area contributed by atoms with Crippen LogP contribution in [0.1, 0.15) is 114 Å². The maximum atomic E-state index is 15.6. The number of rotatable bonds is 40. The molecule has 11 atom stereocenters. The van der Waals surface area contributed by atoms with Crippen LogP contribution in [0.2, 0.25) is 5.02 Å². The number of amides is 15. The molecule has 2 aliphatic rings. The predicted molar refractivity (Wildman–Crippen MR) is 438 cm³/mol. The number of urea groups is 1. The number of nitrogens with one attached hydrogen (secondary N) is 13. The summed E-state index contributed by atoms with van der Waals surface area (Å²) in [5.74, 6) is -10.6. The maximum absolute atomic E-state index is 15.6. The number of benzene rings is 6. The van der Waals surface area contributed by atoms with E-state index in [0.29, 0.717) is 58.6 Å². The van der Waals surface area contributed by atoms with E-state index in [9.17, 15) is 43.5 Å². The molecule has 32 heteroatoms. The zero-order valence-corrected chi connectivity index (χ0v) is 66.9. The third kappa shape index (κ3) is 26.9. The number of anilines is 1. The number of unbranched alkanes of at least 4 members (excludes halogenated alkanes) is 1. The summed E-state index contributed by atoms with van der Waals surface area (Å²) in [6.45, 7) is 9.95. The van der Waals surface area contributed by atoms with Crippen LogP contribution in [0.25, 0.3) is 21.5 Å². The number of carbonyl (C=O) groups excluding carboxylic acids is 14. The minimum absolute atomic E-state index is 0.0160. The molecule has 2 aliphatic heterocycles. The van der Waals surface area contributed by atoms with E-state index in [1.54, 1.807) is 42.5 Å². The van der Waals surface area contributed by atoms with Crippen molar-refractivity contribution in [3.8, 4) is 0 Å². The van der Waals surface area contributed by atoms with Gasteiger partial charge in [-0.25, -0.2) is 4.79 Å². The van der Waals surface area contributed by atoms with Crippen molar-refractivity contribution in [2.75, 3.05) is 25.0 Å². The second-order valence-electron chi connectivity index (χ2n) is 30.3. The molecule has 16 N–H and O–H groups in total. The number of aliphatic hydroxyl groups excluding tert-OH is 1. The predicted octanol–water partition coefficient (Wildman–Crippen LogP) is 3.18. The molecule has 7 aromatic rings. The lowest BCUT2D eigenvalue weighted by atomic mass is 9.98. The summed E-state index contributed by atoms with van der Waals surface area (Å²) in [6, 6.07) is 25.7. The molecule has 2 fully saturated rings. The minimum Gasteiger partial charge on any atom is -0.394 e. The summed E-state index contributed by atoms with van der Waals surface area (Å²) in [4.78, 5) is 202. The van der Waals surface area contributed by atoms with Crippen LogP contribution in [0, 0.1) is 5.92 Å². The fourth-order valence-electron chi connectivity index (χ4n) is 13.9. The first-order valence-corrected chi connectivity index (χ1v) is 39.6. The number of pyridine rings is 1. The monoisotopic (exact) mass is 1620 g/mol. The molecule has 1 aromatic heterocycles. The van der Waals surface area contributed by atoms with Gasteiger partial charge in [0, 0.05) is 74.7 Å². The van der Waals surface area contributed by atoms with Gasteiger partial charge in [-0.1, -0.05) is 155 Å². The van der Waals surface area contributed by atoms with Gasteiger partial charge in [-0.15, -0.1) is 0 Å². The molecule has 3 heterocycles. The number of imide groups is 1. The van der Waals surface area contributed by atoms with E-state index >= 15 is 28.8 Å². The van der Waals surface area contributed by atoms with Gasteiger partial charge in [-0.2, -0.15) is 0 Å². The summed E-state index contributed by atoms with van der Waals surface area (Å²) in [6.07, 6.45) is 3.46. The van der Waals surface area contributed by atoms with Crippen LogP contribution in [0.3, 0.4) is 0 Å². The van der Waals surface area contributed by atoms with E-state index in [-0.39, 0.29) is 75.6 Å². The smallest absolute Gasteiger partial charge is 0.322 e. The van der Waals surface area contributed by atoms with Gasteiger partial charge in [0.15, 0.2) is 0 Å². The molecule has 31 nitrogen and oxygen atoms in total. The van der Waals surface area contributed by atoms with Crippen LogP contribution in [0.4, 0.5) is 10.5 Å². The summed E-state index contributed by atoms with van der Waals surface area (Å²) in [5.41, 5.74) is 8.18. The quantitative estimate of drug-likeness (QED) is 0.0245. The second kappa shape index (κ2) is 42.9. The highest BCUT2D eigenvalue weighted by atomic mass is 35.5. The molecule has 15 amide bonds. The lowest BCUT2D eigenvalue weighted by Gasteiger charge is -2.31. The SMILES string of the molecule is CC(=O)N[C@H](Cc1ccc2ccccc2c1)C(=O)N[C@H](Cc1ccc(Cl)cc1)C(=O)N[C@H](Cc1cccnc1)C(=O)N[C@@H](CO)C(=O)N[C@@H](Cc1ccc(NC(=O)[C@H]2CC(=O)NC(=O)N2)cc1)C(=O)N[C@H](Cc1ccc2ccccc2c1)C(=O)N[C@@H](CC(C)C)C(=O)N[C@@H](CCCCNC(C)C)C(=O)N1CCC[C@H]1C(=O)N[C@H](C)C(N)=O. The Morgan fingerprint density at radius 1 is 0.530 bits per heavy atom. The number of nitrogens with zero attached hydrogens (tertiary/aromatic N) is 2. The summed E-state index contributed by atoms with van der Waals surface area (Å²) in [5, 5.41) is 50.1. The Bertz CT molecular complexity index is 4710. The third-order valence-corrected chi connectivity index (χ3v) is 20.3. The van der Waals surface area contributed by atoms with Crippen molar-refractivity contribution in [1.29, 1.82) is 0 Å². The number of fused-ring (bicyclic) bond motifs is 2. The van der Waals surface area contributed by atoms with Crippen molar-refractivity contribution in [3.63, 3.8) is 0 Å². The van der Waals surface area contributed by atoms with Crippen LogP contribution >= 0.6 is 11.6 Å². The first-order chi connectivity index (χ1) is 55.9. The number of likely N-dealkylation sites (tertiary alicyclic amines) is 1. The van der Waals surface area contributed by atoms with E-state index in [1.165, 1.54) is 55.4 Å². The number of aromatic nitrogens is 1. The number of hydrogen-bond donors (Lipinski definition) is 15. The summed E-state index contributed by atoms with van der Waals surface area (Å²) >= 11 is 6.28. The van der Waals surface area contributed by atoms with Crippen molar-refractivity contribution in [2.45, 2.75) is 191 Å². The molecule has 2 saturated heterocycles. The molecule has 6 aromatic carbocycles. The van der Waals surface area contributed by atoms with Gasteiger partial charge < -0.3 is 79.5 Å². The highest BCUT2D eigenvalue weighted by Gasteiger charge is 2.41. The molecule has 117 heavy (non-hydrogen) atoms. The van der Waals surface area contributed by atoms with Gasteiger partial charge in [0.1, 0.15) is 66.5 Å². The summed E-state index contributed by atoms with van der Waals surface area (Å²) in [7, 11) is 0. The van der Waals surface area contributed by atoms with Crippen molar-refractivity contribution in [1.82, 2.24) is 73.7 Å². The molecule has 620 valence electrons. The van der Waals surface area contributed by atoms with Gasteiger partial charge in [0.2, 0.25) is 76.8 Å². The number of halogens is 1. The molecule has 0 radical (unpaired) electrons. The Balaban J connectivity index is 1.01. The number of carbonyl (C=O) groups is 14. The van der Waals surface area contributed by atoms with E-state index in [0.717, 1.165) is 21.5 Å². The highest BCUT2D eigenvalue weighted by molar-refractivity contribution is 6.30. The average Bonchev–Trinajstić information content (AvgIpc) is 1.80. The topological polar surface area (TPSA) is 458 Å². The molecular weight excluding hydrogens is 1520 g/mol. The van der Waals surface area contributed by atoms with E-state index in [2.05, 4.69) is 74.1 Å². The lowest BCUT2D eigenvalue weighted by Crippen LogP contribution is -2.62. The number of nitrogens with two attached hydrogens (primary N) is 1. The highest BCUT2D eigenvalue weighted by Crippen LogP contribution is 2.24. The average molecular weight is 1620 g/mol. The normalized spacial score (nSPS) is 16.2. The standard InChI is InChI=1S/C85H103ClN16O15/c1-48(2)37-64(76(108)93-63(20-11-12-35-89-49(3)4)84(116)102-36-14-21-72(102)83(115)90-50(5)74(87)106)94-80(112)68(43-55-23-29-58-17-8-10-19-60(58)39-55)96-79(111)67(41-53-26-32-62(33-27-53)92-75(107)70-45-73(105)101-85(117)100-70)98-82(114)71(47-103)99-81(113)69(44-56-15-13-34-88-46-56)97-78(110)66(40-52-24-30-61(86)31-25-52)95-77(109)65(91-51(6)104)42-54-22-28-57-16-7-9-18-59(57)38-54/h7-10,13,15-19,22-34,38-39,46,48-50,63-72,89,103H,11-12,14,20-21,35-37,40-45,47H2,1-6H3,(H2,87,106)(H,90,115)(H,91,104)(H,92,107)(H,93,108)(H,94,112)(H,95,109)(H,96,111)(H,97,110)(H,98,114)(H,99,113)(H2,100,101,105,117)/t50-,63+,64+,65-,66-,67+,68-,69-,70-,71+,72+/m1/s1. The van der Waals surface area contributed by atoms with Crippen molar-refractivity contribution in [2.24, 2.45) is 11.7 Å². The Hall–Kier alpha value is -12.2. The number of primary amides is 1. The number of aliphatic hydroxyl groups is 1. The van der Waals surface area contributed by atoms with Gasteiger partial charge in [0.05, 0.1) is 13.0 Å². The molecule has 9 rings (SSSR count). The van der Waals surface area contributed by atoms with E-state index < -0.39 is 162 Å². The fourth-order valence-corrected chi connectivity index (χ4v) is 14.0. The van der Waals surface area contributed by atoms with E-state index in [1.807, 2.05) is 107 Å². The van der Waals surface area contributed by atoms with Crippen molar-refractivity contribution >= 4 is 122 Å². The minimum atomic E-state index is -1.89. The van der Waals surface area contributed by atoms with Gasteiger partial charge in [0.25, 0.3) is 0 Å². The van der Waals surface area contributed by atoms with Crippen LogP contribution in [-0.4, -0.2) is 190 Å². The molecule has 0 unspecified atom stereocenters. The number of hydrogen-bond acceptors (Lipinski definition) is 17. The first-order valence-electron chi connectivity index (χ1n) is 39.2. The Kier molecular flexibility index (Phi) is 32.6. The molecule has 0 spiro atoms. The van der Waals surface area contributed by atoms with Crippen LogP contribution in [0.15, 0.2) is 158 Å². The zero-order chi connectivity index (χ0) is 84.4.